The molecule has 1 aromatic carbocycles. The van der Waals surface area contributed by atoms with Gasteiger partial charge in [0.1, 0.15) is 5.69 Å². The number of aryl methyl sites for hydroxylation is 1. The molecule has 0 aliphatic carbocycles. The standard InChI is InChI=1S/C10H10BrN3/c1-14-7-10(12-13-14)9-4-2-8(6-11)3-5-9/h2-5,7H,6H2,1H3. The third-order valence-electron chi connectivity index (χ3n) is 2.01. The van der Waals surface area contributed by atoms with E-state index in [0.717, 1.165) is 16.6 Å². The minimum atomic E-state index is 0.883. The molecule has 0 saturated carbocycles. The molecular weight excluding hydrogens is 242 g/mol. The van der Waals surface area contributed by atoms with Gasteiger partial charge in [0, 0.05) is 17.9 Å². The van der Waals surface area contributed by atoms with Gasteiger partial charge in [0.05, 0.1) is 6.20 Å². The van der Waals surface area contributed by atoms with Crippen LogP contribution in [0.15, 0.2) is 30.5 Å². The van der Waals surface area contributed by atoms with Crippen LogP contribution in [-0.4, -0.2) is 15.0 Å². The van der Waals surface area contributed by atoms with Crippen molar-refractivity contribution in [3.05, 3.63) is 36.0 Å². The van der Waals surface area contributed by atoms with Crippen molar-refractivity contribution >= 4 is 15.9 Å². The highest BCUT2D eigenvalue weighted by Crippen LogP contribution is 2.17. The number of benzene rings is 1. The number of hydrogen-bond acceptors (Lipinski definition) is 2. The number of hydrogen-bond donors (Lipinski definition) is 0. The third-order valence-corrected chi connectivity index (χ3v) is 2.65. The lowest BCUT2D eigenvalue weighted by Gasteiger charge is -1.97. The predicted octanol–water partition coefficient (Wildman–Crippen LogP) is 2.38. The van der Waals surface area contributed by atoms with Gasteiger partial charge in [-0.3, -0.25) is 4.68 Å². The molecule has 0 spiro atoms. The Balaban J connectivity index is 2.33. The molecule has 0 amide bonds. The van der Waals surface area contributed by atoms with Crippen LogP contribution in [0.2, 0.25) is 0 Å². The molecule has 2 rings (SSSR count). The van der Waals surface area contributed by atoms with E-state index in [1.807, 2.05) is 13.2 Å². The summed E-state index contributed by atoms with van der Waals surface area (Å²) in [5, 5.41) is 8.82. The second kappa shape index (κ2) is 3.92. The predicted molar refractivity (Wildman–Crippen MR) is 59.1 cm³/mol. The van der Waals surface area contributed by atoms with Crippen LogP contribution in [-0.2, 0) is 12.4 Å². The fourth-order valence-corrected chi connectivity index (χ4v) is 1.62. The second-order valence-electron chi connectivity index (χ2n) is 3.11. The molecular formula is C10H10BrN3. The summed E-state index contributed by atoms with van der Waals surface area (Å²) >= 11 is 3.41. The summed E-state index contributed by atoms with van der Waals surface area (Å²) in [6.07, 6.45) is 1.91. The maximum absolute atomic E-state index is 4.04. The summed E-state index contributed by atoms with van der Waals surface area (Å²) in [4.78, 5) is 0. The zero-order valence-electron chi connectivity index (χ0n) is 7.81. The summed E-state index contributed by atoms with van der Waals surface area (Å²) < 4.78 is 1.70. The first-order chi connectivity index (χ1) is 6.79. The van der Waals surface area contributed by atoms with Gasteiger partial charge in [-0.15, -0.1) is 5.10 Å². The Morgan fingerprint density at radius 1 is 1.29 bits per heavy atom. The highest BCUT2D eigenvalue weighted by Gasteiger charge is 2.01. The lowest BCUT2D eigenvalue weighted by molar-refractivity contribution is 0.715. The molecule has 0 atom stereocenters. The van der Waals surface area contributed by atoms with Crippen LogP contribution in [0, 0.1) is 0 Å². The van der Waals surface area contributed by atoms with Crippen molar-refractivity contribution < 1.29 is 0 Å². The molecule has 0 saturated heterocycles. The van der Waals surface area contributed by atoms with E-state index < -0.39 is 0 Å². The van der Waals surface area contributed by atoms with Crippen molar-refractivity contribution in [2.24, 2.45) is 7.05 Å². The summed E-state index contributed by atoms with van der Waals surface area (Å²) in [5.41, 5.74) is 3.27. The van der Waals surface area contributed by atoms with Crippen LogP contribution in [0.5, 0.6) is 0 Å². The lowest BCUT2D eigenvalue weighted by Crippen LogP contribution is -1.85. The molecule has 0 radical (unpaired) electrons. The molecule has 3 nitrogen and oxygen atoms in total. The van der Waals surface area contributed by atoms with E-state index >= 15 is 0 Å². The van der Waals surface area contributed by atoms with Crippen LogP contribution in [0.25, 0.3) is 11.3 Å². The molecule has 1 aromatic heterocycles. The number of alkyl halides is 1. The van der Waals surface area contributed by atoms with Crippen LogP contribution >= 0.6 is 15.9 Å². The van der Waals surface area contributed by atoms with Crippen LogP contribution in [0.1, 0.15) is 5.56 Å². The summed E-state index contributed by atoms with van der Waals surface area (Å²) in [6, 6.07) is 8.28. The van der Waals surface area contributed by atoms with Crippen LogP contribution < -0.4 is 0 Å². The largest absolute Gasteiger partial charge is 0.255 e. The highest BCUT2D eigenvalue weighted by atomic mass is 79.9. The van der Waals surface area contributed by atoms with Crippen molar-refractivity contribution in [1.82, 2.24) is 15.0 Å². The molecule has 14 heavy (non-hydrogen) atoms. The van der Waals surface area contributed by atoms with E-state index in [-0.39, 0.29) is 0 Å². The first kappa shape index (κ1) is 9.40. The Kier molecular flexibility index (Phi) is 2.63. The first-order valence-electron chi connectivity index (χ1n) is 4.31. The zero-order chi connectivity index (χ0) is 9.97. The monoisotopic (exact) mass is 251 g/mol. The molecule has 72 valence electrons. The van der Waals surface area contributed by atoms with E-state index in [9.17, 15) is 0 Å². The number of rotatable bonds is 2. The van der Waals surface area contributed by atoms with Gasteiger partial charge in [-0.1, -0.05) is 45.4 Å². The van der Waals surface area contributed by atoms with E-state index in [0.29, 0.717) is 0 Å². The van der Waals surface area contributed by atoms with E-state index in [2.05, 4.69) is 50.5 Å². The Morgan fingerprint density at radius 2 is 2.00 bits per heavy atom. The van der Waals surface area contributed by atoms with Crippen molar-refractivity contribution in [3.63, 3.8) is 0 Å². The van der Waals surface area contributed by atoms with E-state index in [4.69, 9.17) is 0 Å². The average Bonchev–Trinajstić information content (AvgIpc) is 2.65. The highest BCUT2D eigenvalue weighted by molar-refractivity contribution is 9.08. The maximum atomic E-state index is 4.04. The summed E-state index contributed by atoms with van der Waals surface area (Å²) in [5.74, 6) is 0. The van der Waals surface area contributed by atoms with Crippen molar-refractivity contribution in [2.45, 2.75) is 5.33 Å². The topological polar surface area (TPSA) is 30.7 Å². The fourth-order valence-electron chi connectivity index (χ4n) is 1.24. The van der Waals surface area contributed by atoms with Crippen molar-refractivity contribution in [3.8, 4) is 11.3 Å². The molecule has 2 aromatic rings. The quantitative estimate of drug-likeness (QED) is 0.768. The van der Waals surface area contributed by atoms with Crippen LogP contribution in [0.4, 0.5) is 0 Å². The molecule has 0 bridgehead atoms. The first-order valence-corrected chi connectivity index (χ1v) is 5.43. The minimum Gasteiger partial charge on any atom is -0.255 e. The average molecular weight is 252 g/mol. The number of aromatic nitrogens is 3. The molecule has 0 unspecified atom stereocenters. The minimum absolute atomic E-state index is 0.883. The van der Waals surface area contributed by atoms with Gasteiger partial charge in [0.15, 0.2) is 0 Å². The Labute approximate surface area is 90.9 Å². The molecule has 0 aliphatic heterocycles. The molecule has 4 heteroatoms. The number of halogens is 1. The summed E-state index contributed by atoms with van der Waals surface area (Å²) in [7, 11) is 1.86. The molecule has 0 N–H and O–H groups in total. The van der Waals surface area contributed by atoms with Gasteiger partial charge in [-0.25, -0.2) is 0 Å². The van der Waals surface area contributed by atoms with Gasteiger partial charge in [0.2, 0.25) is 0 Å². The third kappa shape index (κ3) is 1.85. The second-order valence-corrected chi connectivity index (χ2v) is 3.67. The normalized spacial score (nSPS) is 10.4. The lowest BCUT2D eigenvalue weighted by atomic mass is 10.1. The van der Waals surface area contributed by atoms with Gasteiger partial charge in [-0.05, 0) is 5.56 Å². The van der Waals surface area contributed by atoms with Gasteiger partial charge in [-0.2, -0.15) is 0 Å². The van der Waals surface area contributed by atoms with Gasteiger partial charge >= 0.3 is 0 Å². The molecule has 1 heterocycles. The Morgan fingerprint density at radius 3 is 2.50 bits per heavy atom. The van der Waals surface area contributed by atoms with Gasteiger partial charge in [0.25, 0.3) is 0 Å². The van der Waals surface area contributed by atoms with Crippen LogP contribution in [0.3, 0.4) is 0 Å². The van der Waals surface area contributed by atoms with E-state index in [1.165, 1.54) is 5.56 Å². The van der Waals surface area contributed by atoms with Gasteiger partial charge < -0.3 is 0 Å². The van der Waals surface area contributed by atoms with Crippen molar-refractivity contribution in [2.75, 3.05) is 0 Å². The fraction of sp³-hybridized carbons (Fsp3) is 0.200. The molecule has 0 aliphatic rings. The number of nitrogens with zero attached hydrogens (tertiary/aromatic N) is 3. The Hall–Kier alpha value is -1.16. The zero-order valence-corrected chi connectivity index (χ0v) is 9.40. The summed E-state index contributed by atoms with van der Waals surface area (Å²) in [6.45, 7) is 0. The van der Waals surface area contributed by atoms with E-state index in [1.54, 1.807) is 4.68 Å². The maximum Gasteiger partial charge on any atom is 0.113 e. The van der Waals surface area contributed by atoms with Crippen molar-refractivity contribution in [1.29, 1.82) is 0 Å². The molecule has 0 fully saturated rings. The smallest absolute Gasteiger partial charge is 0.113 e. The Bertz CT molecular complexity index is 419. The SMILES string of the molecule is Cn1cc(-c2ccc(CBr)cc2)nn1.